The summed E-state index contributed by atoms with van der Waals surface area (Å²) in [6.45, 7) is 0. The second-order valence-electron chi connectivity index (χ2n) is 3.25. The topological polar surface area (TPSA) is 45.8 Å². The van der Waals surface area contributed by atoms with Crippen LogP contribution >= 0.6 is 46.0 Å². The molecule has 0 aliphatic rings. The van der Waals surface area contributed by atoms with Crippen molar-refractivity contribution in [2.45, 2.75) is 10.6 Å². The summed E-state index contributed by atoms with van der Waals surface area (Å²) in [5.41, 5.74) is -0.0905. The van der Waals surface area contributed by atoms with Crippen LogP contribution in [0.3, 0.4) is 0 Å². The van der Waals surface area contributed by atoms with Crippen molar-refractivity contribution in [2.24, 2.45) is 0 Å². The Labute approximate surface area is 121 Å². The van der Waals surface area contributed by atoms with Gasteiger partial charge in [0.15, 0.2) is 0 Å². The molecule has 17 heavy (non-hydrogen) atoms. The molecule has 3 nitrogen and oxygen atoms in total. The van der Waals surface area contributed by atoms with Crippen LogP contribution in [-0.2, 0) is 5.75 Å². The first kappa shape index (κ1) is 12.9. The molecule has 0 aliphatic heterocycles. The van der Waals surface area contributed by atoms with Crippen molar-refractivity contribution in [1.82, 2.24) is 9.97 Å². The molecule has 6 heteroatoms. The number of aromatic amines is 1. The van der Waals surface area contributed by atoms with Crippen molar-refractivity contribution in [3.05, 3.63) is 55.2 Å². The van der Waals surface area contributed by atoms with Gasteiger partial charge in [-0.05, 0) is 46.9 Å². The fourth-order valence-corrected chi connectivity index (χ4v) is 2.35. The number of benzene rings is 1. The highest BCUT2D eigenvalue weighted by Crippen LogP contribution is 2.22. The first-order valence-electron chi connectivity index (χ1n) is 4.77. The average Bonchev–Trinajstić information content (AvgIpc) is 2.33. The number of hydrogen-bond acceptors (Lipinski definition) is 3. The largest absolute Gasteiger partial charge is 0.309 e. The predicted octanol–water partition coefficient (Wildman–Crippen LogP) is 3.32. The van der Waals surface area contributed by atoms with Crippen LogP contribution in [0.4, 0.5) is 0 Å². The molecule has 0 radical (unpaired) electrons. The molecule has 0 unspecified atom stereocenters. The van der Waals surface area contributed by atoms with E-state index in [0.717, 1.165) is 9.92 Å². The smallest absolute Gasteiger partial charge is 0.264 e. The highest BCUT2D eigenvalue weighted by Gasteiger charge is 2.01. The number of halogens is 2. The zero-order valence-corrected chi connectivity index (χ0v) is 12.3. The number of hydrogen-bond donors (Lipinski definition) is 1. The number of rotatable bonds is 3. The lowest BCUT2D eigenvalue weighted by molar-refractivity contribution is 0.989. The Morgan fingerprint density at radius 1 is 1.35 bits per heavy atom. The molecule has 2 aromatic rings. The standard InChI is InChI=1S/C11H8ClIN2OS/c12-7-1-3-8(4-2-7)17-6-10-14-5-9(13)11(16)15-10/h1-5H,6H2,(H,14,15,16). The second-order valence-corrected chi connectivity index (χ2v) is 5.90. The molecule has 0 spiro atoms. The molecule has 0 fully saturated rings. The van der Waals surface area contributed by atoms with Crippen LogP contribution in [0.5, 0.6) is 0 Å². The van der Waals surface area contributed by atoms with Gasteiger partial charge in [-0.25, -0.2) is 4.98 Å². The molecule has 2 rings (SSSR count). The highest BCUT2D eigenvalue weighted by molar-refractivity contribution is 14.1. The van der Waals surface area contributed by atoms with Crippen LogP contribution in [0.1, 0.15) is 5.82 Å². The van der Waals surface area contributed by atoms with Crippen molar-refractivity contribution >= 4 is 46.0 Å². The SMILES string of the molecule is O=c1[nH]c(CSc2ccc(Cl)cc2)ncc1I. The zero-order chi connectivity index (χ0) is 12.3. The van der Waals surface area contributed by atoms with Crippen molar-refractivity contribution in [1.29, 1.82) is 0 Å². The van der Waals surface area contributed by atoms with E-state index in [2.05, 4.69) is 9.97 Å². The van der Waals surface area contributed by atoms with Gasteiger partial charge in [-0.3, -0.25) is 4.79 Å². The molecule has 1 heterocycles. The maximum Gasteiger partial charge on any atom is 0.264 e. The van der Waals surface area contributed by atoms with Gasteiger partial charge in [-0.2, -0.15) is 0 Å². The minimum atomic E-state index is -0.0905. The molecular weight excluding hydrogens is 371 g/mol. The third-order valence-corrected chi connectivity index (χ3v) is 4.04. The molecular formula is C11H8ClIN2OS. The third kappa shape index (κ3) is 3.72. The van der Waals surface area contributed by atoms with E-state index in [9.17, 15) is 4.79 Å². The fourth-order valence-electron chi connectivity index (χ4n) is 1.17. The first-order chi connectivity index (χ1) is 8.15. The van der Waals surface area contributed by atoms with Crippen molar-refractivity contribution in [2.75, 3.05) is 0 Å². The highest BCUT2D eigenvalue weighted by atomic mass is 127. The molecule has 1 aromatic heterocycles. The summed E-state index contributed by atoms with van der Waals surface area (Å²) in [6.07, 6.45) is 1.58. The van der Waals surface area contributed by atoms with Crippen LogP contribution in [-0.4, -0.2) is 9.97 Å². The molecule has 1 aromatic carbocycles. The van der Waals surface area contributed by atoms with E-state index in [1.165, 1.54) is 0 Å². The quantitative estimate of drug-likeness (QED) is 0.658. The Morgan fingerprint density at radius 2 is 2.06 bits per heavy atom. The monoisotopic (exact) mass is 378 g/mol. The van der Waals surface area contributed by atoms with E-state index >= 15 is 0 Å². The minimum absolute atomic E-state index is 0.0905. The first-order valence-corrected chi connectivity index (χ1v) is 7.21. The van der Waals surface area contributed by atoms with Crippen LogP contribution in [0.15, 0.2) is 40.2 Å². The Morgan fingerprint density at radius 3 is 2.71 bits per heavy atom. The Bertz CT molecular complexity index is 570. The van der Waals surface area contributed by atoms with Gasteiger partial charge in [0, 0.05) is 16.1 Å². The van der Waals surface area contributed by atoms with E-state index in [1.807, 2.05) is 46.9 Å². The summed E-state index contributed by atoms with van der Waals surface area (Å²) in [4.78, 5) is 19.4. The lowest BCUT2D eigenvalue weighted by atomic mass is 10.4. The number of aromatic nitrogens is 2. The van der Waals surface area contributed by atoms with Gasteiger partial charge in [-0.1, -0.05) is 11.6 Å². The van der Waals surface area contributed by atoms with Crippen molar-refractivity contribution in [3.63, 3.8) is 0 Å². The third-order valence-electron chi connectivity index (χ3n) is 2.00. The van der Waals surface area contributed by atoms with E-state index in [4.69, 9.17) is 11.6 Å². The number of thioether (sulfide) groups is 1. The molecule has 0 saturated heterocycles. The normalized spacial score (nSPS) is 10.5. The molecule has 0 atom stereocenters. The predicted molar refractivity (Wildman–Crippen MR) is 78.6 cm³/mol. The number of nitrogens with one attached hydrogen (secondary N) is 1. The maximum atomic E-state index is 11.4. The van der Waals surface area contributed by atoms with E-state index in [0.29, 0.717) is 15.1 Å². The summed E-state index contributed by atoms with van der Waals surface area (Å²) in [7, 11) is 0. The number of nitrogens with zero attached hydrogens (tertiary/aromatic N) is 1. The fraction of sp³-hybridized carbons (Fsp3) is 0.0909. The molecule has 0 aliphatic carbocycles. The van der Waals surface area contributed by atoms with Gasteiger partial charge in [0.2, 0.25) is 0 Å². The number of H-pyrrole nitrogens is 1. The lowest BCUT2D eigenvalue weighted by Gasteiger charge is -2.01. The van der Waals surface area contributed by atoms with Crippen LogP contribution in [0, 0.1) is 3.57 Å². The summed E-state index contributed by atoms with van der Waals surface area (Å²) in [6, 6.07) is 7.57. The Balaban J connectivity index is 2.04. The zero-order valence-electron chi connectivity index (χ0n) is 8.61. The van der Waals surface area contributed by atoms with E-state index in [-0.39, 0.29) is 5.56 Å². The molecule has 1 N–H and O–H groups in total. The Hall–Kier alpha value is -0.530. The Kier molecular flexibility index (Phi) is 4.47. The van der Waals surface area contributed by atoms with Gasteiger partial charge < -0.3 is 4.98 Å². The maximum absolute atomic E-state index is 11.4. The van der Waals surface area contributed by atoms with E-state index < -0.39 is 0 Å². The van der Waals surface area contributed by atoms with Crippen molar-refractivity contribution < 1.29 is 0 Å². The second kappa shape index (κ2) is 5.88. The minimum Gasteiger partial charge on any atom is -0.309 e. The molecule has 88 valence electrons. The van der Waals surface area contributed by atoms with Gasteiger partial charge >= 0.3 is 0 Å². The van der Waals surface area contributed by atoms with Crippen LogP contribution in [0.25, 0.3) is 0 Å². The van der Waals surface area contributed by atoms with E-state index in [1.54, 1.807) is 18.0 Å². The van der Waals surface area contributed by atoms with Crippen molar-refractivity contribution in [3.8, 4) is 0 Å². The molecule has 0 amide bonds. The van der Waals surface area contributed by atoms with Crippen LogP contribution < -0.4 is 5.56 Å². The van der Waals surface area contributed by atoms with Gasteiger partial charge in [-0.15, -0.1) is 11.8 Å². The molecule has 0 saturated carbocycles. The van der Waals surface area contributed by atoms with Crippen LogP contribution in [0.2, 0.25) is 5.02 Å². The lowest BCUT2D eigenvalue weighted by Crippen LogP contribution is -2.12. The van der Waals surface area contributed by atoms with Gasteiger partial charge in [0.1, 0.15) is 5.82 Å². The summed E-state index contributed by atoms with van der Waals surface area (Å²) < 4.78 is 0.600. The summed E-state index contributed by atoms with van der Waals surface area (Å²) in [5, 5.41) is 0.718. The average molecular weight is 379 g/mol. The summed E-state index contributed by atoms with van der Waals surface area (Å²) in [5.74, 6) is 1.31. The van der Waals surface area contributed by atoms with Gasteiger partial charge in [0.25, 0.3) is 5.56 Å². The van der Waals surface area contributed by atoms with Gasteiger partial charge in [0.05, 0.1) is 9.32 Å². The molecule has 0 bridgehead atoms. The summed E-state index contributed by atoms with van der Waals surface area (Å²) >= 11 is 9.36.